The van der Waals surface area contributed by atoms with Gasteiger partial charge in [0.25, 0.3) is 0 Å². The third-order valence-electron chi connectivity index (χ3n) is 3.29. The van der Waals surface area contributed by atoms with Crippen LogP contribution in [0.2, 0.25) is 0 Å². The maximum Gasteiger partial charge on any atom is 0.191 e. The fourth-order valence-electron chi connectivity index (χ4n) is 1.90. The molecule has 0 aliphatic heterocycles. The molecule has 0 fully saturated rings. The summed E-state index contributed by atoms with van der Waals surface area (Å²) in [6.07, 6.45) is 4.13. The summed E-state index contributed by atoms with van der Waals surface area (Å²) in [5.41, 5.74) is 1.51. The van der Waals surface area contributed by atoms with E-state index in [9.17, 15) is 0 Å². The second kappa shape index (κ2) is 9.27. The molecule has 21 heavy (non-hydrogen) atoms. The van der Waals surface area contributed by atoms with Gasteiger partial charge in [-0.2, -0.15) is 5.10 Å². The first-order valence-corrected chi connectivity index (χ1v) is 7.26. The van der Waals surface area contributed by atoms with Crippen LogP contribution in [0.5, 0.6) is 0 Å². The molecular formula is C15H30IN5. The zero-order valence-corrected chi connectivity index (χ0v) is 16.4. The minimum Gasteiger partial charge on any atom is -0.354 e. The maximum absolute atomic E-state index is 4.27. The smallest absolute Gasteiger partial charge is 0.191 e. The maximum atomic E-state index is 4.27. The van der Waals surface area contributed by atoms with Crippen LogP contribution in [0.4, 0.5) is 0 Å². The topological polar surface area (TPSA) is 54.2 Å². The van der Waals surface area contributed by atoms with Gasteiger partial charge in [-0.1, -0.05) is 20.8 Å². The van der Waals surface area contributed by atoms with Crippen LogP contribution in [0.1, 0.15) is 46.2 Å². The van der Waals surface area contributed by atoms with Crippen LogP contribution in [-0.4, -0.2) is 28.8 Å². The summed E-state index contributed by atoms with van der Waals surface area (Å²) < 4.78 is 1.86. The third kappa shape index (κ3) is 8.28. The Morgan fingerprint density at radius 3 is 2.57 bits per heavy atom. The first-order valence-electron chi connectivity index (χ1n) is 7.26. The van der Waals surface area contributed by atoms with E-state index in [2.05, 4.69) is 48.4 Å². The van der Waals surface area contributed by atoms with E-state index in [0.717, 1.165) is 24.6 Å². The van der Waals surface area contributed by atoms with Crippen molar-refractivity contribution >= 4 is 29.9 Å². The summed E-state index contributed by atoms with van der Waals surface area (Å²) >= 11 is 0. The van der Waals surface area contributed by atoms with Crippen LogP contribution >= 0.6 is 24.0 Å². The van der Waals surface area contributed by atoms with E-state index in [1.807, 2.05) is 17.8 Å². The highest BCUT2D eigenvalue weighted by Crippen LogP contribution is 2.21. The van der Waals surface area contributed by atoms with E-state index >= 15 is 0 Å². The lowest BCUT2D eigenvalue weighted by Crippen LogP contribution is -2.42. The van der Waals surface area contributed by atoms with Crippen molar-refractivity contribution in [3.8, 4) is 0 Å². The average molecular weight is 407 g/mol. The van der Waals surface area contributed by atoms with E-state index in [1.165, 1.54) is 6.42 Å². The van der Waals surface area contributed by atoms with E-state index < -0.39 is 0 Å². The number of nitrogens with zero attached hydrogens (tertiary/aromatic N) is 3. The van der Waals surface area contributed by atoms with Crippen LogP contribution in [0.15, 0.2) is 17.3 Å². The molecule has 0 saturated heterocycles. The van der Waals surface area contributed by atoms with Crippen LogP contribution in [0.3, 0.4) is 0 Å². The Balaban J connectivity index is 0.00000400. The van der Waals surface area contributed by atoms with Crippen LogP contribution in [0.25, 0.3) is 0 Å². The summed E-state index contributed by atoms with van der Waals surface area (Å²) in [5, 5.41) is 10.9. The lowest BCUT2D eigenvalue weighted by atomic mass is 9.89. The van der Waals surface area contributed by atoms with Crippen molar-refractivity contribution in [2.24, 2.45) is 17.5 Å². The summed E-state index contributed by atoms with van der Waals surface area (Å²) in [5.74, 6) is 0.840. The first-order chi connectivity index (χ1) is 9.31. The molecule has 5 nitrogen and oxygen atoms in total. The van der Waals surface area contributed by atoms with Gasteiger partial charge in [0.2, 0.25) is 0 Å². The first kappa shape index (κ1) is 20.2. The highest BCUT2D eigenvalue weighted by molar-refractivity contribution is 14.0. The molecule has 1 aromatic rings. The van der Waals surface area contributed by atoms with Crippen molar-refractivity contribution in [2.75, 3.05) is 7.05 Å². The molecule has 0 amide bonds. The van der Waals surface area contributed by atoms with Gasteiger partial charge >= 0.3 is 0 Å². The Morgan fingerprint density at radius 1 is 1.43 bits per heavy atom. The number of aliphatic imine (C=N–C) groups is 1. The van der Waals surface area contributed by atoms with Crippen molar-refractivity contribution in [3.63, 3.8) is 0 Å². The van der Waals surface area contributed by atoms with Gasteiger partial charge in [0, 0.05) is 26.3 Å². The van der Waals surface area contributed by atoms with Gasteiger partial charge in [-0.15, -0.1) is 24.0 Å². The van der Waals surface area contributed by atoms with Gasteiger partial charge < -0.3 is 10.6 Å². The zero-order valence-electron chi connectivity index (χ0n) is 14.1. The minimum atomic E-state index is 0. The van der Waals surface area contributed by atoms with E-state index in [4.69, 9.17) is 0 Å². The SMILES string of the molecule is CN=C(NCc1ccnn1C)NC(C)CCC(C)(C)C.I. The highest BCUT2D eigenvalue weighted by Gasteiger charge is 2.13. The zero-order chi connectivity index (χ0) is 15.2. The van der Waals surface area contributed by atoms with E-state index in [-0.39, 0.29) is 24.0 Å². The van der Waals surface area contributed by atoms with Crippen molar-refractivity contribution < 1.29 is 0 Å². The molecule has 0 aliphatic rings. The number of guanidine groups is 1. The summed E-state index contributed by atoms with van der Waals surface area (Å²) in [6.45, 7) is 9.74. The number of hydrogen-bond acceptors (Lipinski definition) is 2. The van der Waals surface area contributed by atoms with Gasteiger partial charge in [-0.05, 0) is 31.2 Å². The molecule has 0 saturated carbocycles. The number of nitrogens with one attached hydrogen (secondary N) is 2. The third-order valence-corrected chi connectivity index (χ3v) is 3.29. The molecule has 1 aromatic heterocycles. The second-order valence-corrected chi connectivity index (χ2v) is 6.52. The Labute approximate surface area is 146 Å². The fraction of sp³-hybridized carbons (Fsp3) is 0.733. The molecule has 1 heterocycles. The van der Waals surface area contributed by atoms with Crippen LogP contribution in [0, 0.1) is 5.41 Å². The molecule has 1 atom stereocenters. The number of aryl methyl sites for hydroxylation is 1. The quantitative estimate of drug-likeness (QED) is 0.449. The van der Waals surface area contributed by atoms with Gasteiger partial charge in [0.05, 0.1) is 12.2 Å². The minimum absolute atomic E-state index is 0. The Morgan fingerprint density at radius 2 is 2.10 bits per heavy atom. The molecule has 0 bridgehead atoms. The summed E-state index contributed by atoms with van der Waals surface area (Å²) in [6, 6.07) is 2.41. The van der Waals surface area contributed by atoms with Crippen molar-refractivity contribution in [1.29, 1.82) is 0 Å². The number of hydrogen-bond donors (Lipinski definition) is 2. The lowest BCUT2D eigenvalue weighted by Gasteiger charge is -2.23. The van der Waals surface area contributed by atoms with Crippen LogP contribution < -0.4 is 10.6 Å². The van der Waals surface area contributed by atoms with Crippen LogP contribution in [-0.2, 0) is 13.6 Å². The molecule has 1 unspecified atom stereocenters. The molecule has 122 valence electrons. The highest BCUT2D eigenvalue weighted by atomic mass is 127. The van der Waals surface area contributed by atoms with Crippen molar-refractivity contribution in [1.82, 2.24) is 20.4 Å². The Hall–Kier alpha value is -0.790. The molecule has 0 spiro atoms. The molecule has 1 rings (SSSR count). The van der Waals surface area contributed by atoms with Crippen molar-refractivity contribution in [3.05, 3.63) is 18.0 Å². The molecule has 0 aliphatic carbocycles. The monoisotopic (exact) mass is 407 g/mol. The number of halogens is 1. The molecule has 0 aromatic carbocycles. The standard InChI is InChI=1S/C15H29N5.HI/c1-12(7-9-15(2,3)4)19-14(16-5)17-11-13-8-10-18-20(13)6;/h8,10,12H,7,9,11H2,1-6H3,(H2,16,17,19);1H. The summed E-state index contributed by atoms with van der Waals surface area (Å²) in [4.78, 5) is 4.27. The lowest BCUT2D eigenvalue weighted by molar-refractivity contribution is 0.346. The second-order valence-electron chi connectivity index (χ2n) is 6.52. The molecule has 2 N–H and O–H groups in total. The molecule has 6 heteroatoms. The number of rotatable bonds is 5. The predicted molar refractivity (Wildman–Crippen MR) is 100 cm³/mol. The van der Waals surface area contributed by atoms with Gasteiger partial charge in [0.1, 0.15) is 0 Å². The van der Waals surface area contributed by atoms with Gasteiger partial charge in [0.15, 0.2) is 5.96 Å². The fourth-order valence-corrected chi connectivity index (χ4v) is 1.90. The Bertz CT molecular complexity index is 434. The largest absolute Gasteiger partial charge is 0.354 e. The van der Waals surface area contributed by atoms with Gasteiger partial charge in [-0.3, -0.25) is 9.67 Å². The van der Waals surface area contributed by atoms with Crippen molar-refractivity contribution in [2.45, 2.75) is 53.1 Å². The Kier molecular flexibility index (Phi) is 8.92. The van der Waals surface area contributed by atoms with E-state index in [1.54, 1.807) is 13.2 Å². The molecular weight excluding hydrogens is 377 g/mol. The average Bonchev–Trinajstić information content (AvgIpc) is 2.77. The summed E-state index contributed by atoms with van der Waals surface area (Å²) in [7, 11) is 3.74. The van der Waals surface area contributed by atoms with E-state index in [0.29, 0.717) is 11.5 Å². The number of aromatic nitrogens is 2. The normalized spacial score (nSPS) is 13.5. The predicted octanol–water partition coefficient (Wildman–Crippen LogP) is 2.92. The molecule has 0 radical (unpaired) electrons. The van der Waals surface area contributed by atoms with Gasteiger partial charge in [-0.25, -0.2) is 0 Å².